The maximum Gasteiger partial charge on any atom is 0.175 e. The summed E-state index contributed by atoms with van der Waals surface area (Å²) in [6.45, 7) is 2.91. The van der Waals surface area contributed by atoms with Crippen molar-refractivity contribution < 1.29 is 14.3 Å². The van der Waals surface area contributed by atoms with Gasteiger partial charge in [-0.3, -0.25) is 4.79 Å². The smallest absolute Gasteiger partial charge is 0.175 e. The van der Waals surface area contributed by atoms with Crippen LogP contribution in [0.1, 0.15) is 30.1 Å². The van der Waals surface area contributed by atoms with Crippen molar-refractivity contribution in [2.24, 2.45) is 0 Å². The Morgan fingerprint density at radius 3 is 2.83 bits per heavy atom. The third-order valence-corrected chi connectivity index (χ3v) is 2.77. The molecule has 0 amide bonds. The average molecular weight is 311 g/mol. The third kappa shape index (κ3) is 4.08. The van der Waals surface area contributed by atoms with Crippen molar-refractivity contribution in [3.05, 3.63) is 22.2 Å². The van der Waals surface area contributed by atoms with Crippen LogP contribution in [0.4, 0.5) is 0 Å². The van der Waals surface area contributed by atoms with Crippen LogP contribution in [0.15, 0.2) is 16.6 Å². The second kappa shape index (κ2) is 7.78. The summed E-state index contributed by atoms with van der Waals surface area (Å²) in [7, 11) is 0. The molecule has 1 aromatic rings. The molecular formula is C14H15BrO3. The molecule has 0 bridgehead atoms. The van der Waals surface area contributed by atoms with Crippen LogP contribution in [-0.4, -0.2) is 19.5 Å². The Balaban J connectivity index is 2.86. The molecule has 0 saturated heterocycles. The minimum Gasteiger partial charge on any atom is -0.490 e. The van der Waals surface area contributed by atoms with E-state index in [-0.39, 0.29) is 0 Å². The first-order valence-electron chi connectivity index (χ1n) is 5.70. The molecule has 0 heterocycles. The molecule has 96 valence electrons. The number of ether oxygens (including phenoxy) is 2. The fraction of sp³-hybridized carbons (Fsp3) is 0.357. The van der Waals surface area contributed by atoms with E-state index < -0.39 is 0 Å². The van der Waals surface area contributed by atoms with Crippen LogP contribution in [0.2, 0.25) is 0 Å². The maximum absolute atomic E-state index is 10.8. The fourth-order valence-corrected chi connectivity index (χ4v) is 1.98. The highest BCUT2D eigenvalue weighted by Crippen LogP contribution is 2.36. The number of hydrogen-bond acceptors (Lipinski definition) is 3. The van der Waals surface area contributed by atoms with Crippen LogP contribution >= 0.6 is 15.9 Å². The summed E-state index contributed by atoms with van der Waals surface area (Å²) in [4.78, 5) is 10.8. The Morgan fingerprint density at radius 2 is 2.22 bits per heavy atom. The summed E-state index contributed by atoms with van der Waals surface area (Å²) in [5.74, 6) is 3.73. The van der Waals surface area contributed by atoms with E-state index in [1.807, 2.05) is 6.92 Å². The highest BCUT2D eigenvalue weighted by molar-refractivity contribution is 9.10. The predicted molar refractivity (Wildman–Crippen MR) is 74.3 cm³/mol. The largest absolute Gasteiger partial charge is 0.490 e. The van der Waals surface area contributed by atoms with Crippen LogP contribution in [0.25, 0.3) is 0 Å². The van der Waals surface area contributed by atoms with Crippen molar-refractivity contribution in [2.45, 2.75) is 19.8 Å². The first kappa shape index (κ1) is 14.6. The number of unbranched alkanes of at least 4 members (excludes halogenated alkanes) is 1. The SMILES string of the molecule is C#CCCCOc1c(Br)cc(C=O)cc1OCC. The zero-order chi connectivity index (χ0) is 13.4. The van der Waals surface area contributed by atoms with Gasteiger partial charge < -0.3 is 9.47 Å². The van der Waals surface area contributed by atoms with E-state index in [0.29, 0.717) is 41.2 Å². The molecule has 0 radical (unpaired) electrons. The van der Waals surface area contributed by atoms with Gasteiger partial charge in [0.1, 0.15) is 6.29 Å². The molecule has 18 heavy (non-hydrogen) atoms. The Morgan fingerprint density at radius 1 is 1.44 bits per heavy atom. The van der Waals surface area contributed by atoms with Gasteiger partial charge in [-0.25, -0.2) is 0 Å². The van der Waals surface area contributed by atoms with E-state index in [1.165, 1.54) is 0 Å². The maximum atomic E-state index is 10.8. The second-order valence-electron chi connectivity index (χ2n) is 3.54. The van der Waals surface area contributed by atoms with Crippen molar-refractivity contribution in [3.8, 4) is 23.8 Å². The van der Waals surface area contributed by atoms with Crippen molar-refractivity contribution in [2.75, 3.05) is 13.2 Å². The number of carbonyl (C=O) groups is 1. The lowest BCUT2D eigenvalue weighted by atomic mass is 10.2. The van der Waals surface area contributed by atoms with Gasteiger partial charge in [0, 0.05) is 12.0 Å². The predicted octanol–water partition coefficient (Wildman–Crippen LogP) is 3.45. The van der Waals surface area contributed by atoms with Gasteiger partial charge in [0.2, 0.25) is 0 Å². The van der Waals surface area contributed by atoms with E-state index in [2.05, 4.69) is 21.9 Å². The van der Waals surface area contributed by atoms with E-state index in [4.69, 9.17) is 15.9 Å². The molecule has 0 N–H and O–H groups in total. The molecule has 0 saturated carbocycles. The normalized spacial score (nSPS) is 9.61. The highest BCUT2D eigenvalue weighted by Gasteiger charge is 2.11. The lowest BCUT2D eigenvalue weighted by Crippen LogP contribution is -2.02. The van der Waals surface area contributed by atoms with Crippen LogP contribution in [0.3, 0.4) is 0 Å². The number of benzene rings is 1. The van der Waals surface area contributed by atoms with Gasteiger partial charge in [0.15, 0.2) is 11.5 Å². The van der Waals surface area contributed by atoms with Gasteiger partial charge in [-0.05, 0) is 41.4 Å². The molecule has 0 aromatic heterocycles. The minimum absolute atomic E-state index is 0.509. The molecule has 0 fully saturated rings. The molecule has 0 spiro atoms. The molecule has 4 heteroatoms. The van der Waals surface area contributed by atoms with Crippen LogP contribution in [-0.2, 0) is 0 Å². The van der Waals surface area contributed by atoms with Crippen LogP contribution in [0, 0.1) is 12.3 Å². The van der Waals surface area contributed by atoms with Crippen LogP contribution < -0.4 is 9.47 Å². The number of hydrogen-bond donors (Lipinski definition) is 0. The molecule has 0 atom stereocenters. The lowest BCUT2D eigenvalue weighted by Gasteiger charge is -2.13. The second-order valence-corrected chi connectivity index (χ2v) is 4.39. The van der Waals surface area contributed by atoms with Crippen molar-refractivity contribution in [1.82, 2.24) is 0 Å². The summed E-state index contributed by atoms with van der Waals surface area (Å²) < 4.78 is 11.8. The summed E-state index contributed by atoms with van der Waals surface area (Å²) in [6.07, 6.45) is 7.40. The number of rotatable bonds is 7. The standard InChI is InChI=1S/C14H15BrO3/c1-3-5-6-7-18-14-12(15)8-11(10-16)9-13(14)17-4-2/h1,8-10H,4-7H2,2H3. The number of aldehydes is 1. The van der Waals surface area contributed by atoms with Crippen molar-refractivity contribution in [1.29, 1.82) is 0 Å². The van der Waals surface area contributed by atoms with Gasteiger partial charge >= 0.3 is 0 Å². The molecule has 0 unspecified atom stereocenters. The molecule has 1 rings (SSSR count). The quantitative estimate of drug-likeness (QED) is 0.439. The number of halogens is 1. The Kier molecular flexibility index (Phi) is 6.31. The van der Waals surface area contributed by atoms with Gasteiger partial charge in [-0.1, -0.05) is 0 Å². The van der Waals surface area contributed by atoms with Crippen LogP contribution in [0.5, 0.6) is 11.5 Å². The topological polar surface area (TPSA) is 35.5 Å². The Labute approximate surface area is 116 Å². The zero-order valence-corrected chi connectivity index (χ0v) is 11.8. The molecular weight excluding hydrogens is 296 g/mol. The highest BCUT2D eigenvalue weighted by atomic mass is 79.9. The Bertz CT molecular complexity index is 449. The lowest BCUT2D eigenvalue weighted by molar-refractivity contribution is 0.112. The first-order valence-corrected chi connectivity index (χ1v) is 6.50. The zero-order valence-electron chi connectivity index (χ0n) is 10.2. The number of terminal acetylenes is 1. The first-order chi connectivity index (χ1) is 8.72. The summed E-state index contributed by atoms with van der Waals surface area (Å²) in [5.41, 5.74) is 0.543. The number of carbonyl (C=O) groups excluding carboxylic acids is 1. The van der Waals surface area contributed by atoms with Gasteiger partial charge in [-0.2, -0.15) is 0 Å². The van der Waals surface area contributed by atoms with Gasteiger partial charge in [0.25, 0.3) is 0 Å². The van der Waals surface area contributed by atoms with Crippen molar-refractivity contribution in [3.63, 3.8) is 0 Å². The monoisotopic (exact) mass is 310 g/mol. The fourth-order valence-electron chi connectivity index (χ4n) is 1.41. The summed E-state index contributed by atoms with van der Waals surface area (Å²) in [5, 5.41) is 0. The van der Waals surface area contributed by atoms with E-state index in [1.54, 1.807) is 12.1 Å². The van der Waals surface area contributed by atoms with E-state index in [0.717, 1.165) is 12.7 Å². The van der Waals surface area contributed by atoms with Gasteiger partial charge in [-0.15, -0.1) is 12.3 Å². The molecule has 0 aliphatic heterocycles. The molecule has 0 aliphatic rings. The third-order valence-electron chi connectivity index (χ3n) is 2.18. The minimum atomic E-state index is 0.509. The van der Waals surface area contributed by atoms with E-state index in [9.17, 15) is 4.79 Å². The summed E-state index contributed by atoms with van der Waals surface area (Å²) >= 11 is 3.37. The average Bonchev–Trinajstić information content (AvgIpc) is 2.37. The molecule has 3 nitrogen and oxygen atoms in total. The van der Waals surface area contributed by atoms with Gasteiger partial charge in [0.05, 0.1) is 17.7 Å². The van der Waals surface area contributed by atoms with E-state index >= 15 is 0 Å². The molecule has 1 aromatic carbocycles. The Hall–Kier alpha value is -1.47. The molecule has 0 aliphatic carbocycles. The summed E-state index contributed by atoms with van der Waals surface area (Å²) in [6, 6.07) is 3.36. The van der Waals surface area contributed by atoms with Crippen molar-refractivity contribution >= 4 is 22.2 Å².